The van der Waals surface area contributed by atoms with E-state index in [0.29, 0.717) is 6.42 Å². The lowest BCUT2D eigenvalue weighted by Crippen LogP contribution is -2.39. The monoisotopic (exact) mass is 256 g/mol. The first-order chi connectivity index (χ1) is 8.20. The van der Waals surface area contributed by atoms with Crippen LogP contribution in [0.15, 0.2) is 18.2 Å². The number of rotatable bonds is 5. The van der Waals surface area contributed by atoms with E-state index in [9.17, 15) is 4.39 Å². The lowest BCUT2D eigenvalue weighted by atomic mass is 9.80. The minimum Gasteiger partial charge on any atom is -0.271 e. The summed E-state index contributed by atoms with van der Waals surface area (Å²) < 4.78 is 13.3. The van der Waals surface area contributed by atoms with Crippen LogP contribution in [0.5, 0.6) is 0 Å². The van der Waals surface area contributed by atoms with Gasteiger partial charge >= 0.3 is 0 Å². The summed E-state index contributed by atoms with van der Waals surface area (Å²) in [6.45, 7) is 0. The van der Waals surface area contributed by atoms with Crippen molar-refractivity contribution in [3.63, 3.8) is 0 Å². The second-order valence-electron chi connectivity index (χ2n) is 4.81. The fraction of sp³-hybridized carbons (Fsp3) is 0.538. The third-order valence-corrected chi connectivity index (χ3v) is 4.00. The zero-order valence-electron chi connectivity index (χ0n) is 9.76. The van der Waals surface area contributed by atoms with Gasteiger partial charge in [0.2, 0.25) is 0 Å². The van der Waals surface area contributed by atoms with Crippen LogP contribution in [0.4, 0.5) is 4.39 Å². The number of nitrogens with one attached hydrogen (secondary N) is 1. The van der Waals surface area contributed by atoms with Crippen LogP contribution in [0, 0.1) is 11.7 Å². The first kappa shape index (κ1) is 12.8. The molecule has 0 aromatic heterocycles. The quantitative estimate of drug-likeness (QED) is 0.628. The highest BCUT2D eigenvalue weighted by molar-refractivity contribution is 6.31. The van der Waals surface area contributed by atoms with Crippen LogP contribution < -0.4 is 11.3 Å². The zero-order valence-corrected chi connectivity index (χ0v) is 10.5. The Morgan fingerprint density at radius 3 is 2.82 bits per heavy atom. The number of halogens is 2. The summed E-state index contributed by atoms with van der Waals surface area (Å²) in [5.41, 5.74) is 3.64. The van der Waals surface area contributed by atoms with Crippen LogP contribution in [-0.2, 0) is 6.42 Å². The van der Waals surface area contributed by atoms with Crippen LogP contribution in [0.3, 0.4) is 0 Å². The molecule has 1 fully saturated rings. The van der Waals surface area contributed by atoms with Crippen molar-refractivity contribution in [2.45, 2.75) is 38.1 Å². The van der Waals surface area contributed by atoms with Crippen molar-refractivity contribution in [3.8, 4) is 0 Å². The molecule has 0 bridgehead atoms. The number of nitrogens with two attached hydrogens (primary N) is 1. The minimum atomic E-state index is -0.358. The predicted octanol–water partition coefficient (Wildman–Crippen LogP) is 3.04. The van der Waals surface area contributed by atoms with Gasteiger partial charge < -0.3 is 0 Å². The molecule has 17 heavy (non-hydrogen) atoms. The molecule has 2 rings (SSSR count). The minimum absolute atomic E-state index is 0.180. The largest absolute Gasteiger partial charge is 0.271 e. The lowest BCUT2D eigenvalue weighted by Gasteiger charge is -2.29. The van der Waals surface area contributed by atoms with Gasteiger partial charge in [0.25, 0.3) is 0 Å². The smallest absolute Gasteiger partial charge is 0.142 e. The van der Waals surface area contributed by atoms with Gasteiger partial charge in [0, 0.05) is 6.04 Å². The predicted molar refractivity (Wildman–Crippen MR) is 68.2 cm³/mol. The van der Waals surface area contributed by atoms with Crippen molar-refractivity contribution in [1.82, 2.24) is 5.43 Å². The molecule has 4 heteroatoms. The third kappa shape index (κ3) is 3.18. The van der Waals surface area contributed by atoms with Crippen molar-refractivity contribution in [3.05, 3.63) is 34.6 Å². The van der Waals surface area contributed by atoms with Gasteiger partial charge in [-0.25, -0.2) is 4.39 Å². The topological polar surface area (TPSA) is 38.0 Å². The SMILES string of the molecule is NNC(Cc1cccc(F)c1Cl)CC1CCC1. The highest BCUT2D eigenvalue weighted by Crippen LogP contribution is 2.31. The van der Waals surface area contributed by atoms with E-state index in [0.717, 1.165) is 17.9 Å². The van der Waals surface area contributed by atoms with E-state index in [2.05, 4.69) is 5.43 Å². The maximum Gasteiger partial charge on any atom is 0.142 e. The maximum absolute atomic E-state index is 13.3. The van der Waals surface area contributed by atoms with Crippen LogP contribution in [-0.4, -0.2) is 6.04 Å². The number of hydrogen-bond donors (Lipinski definition) is 2. The maximum atomic E-state index is 13.3. The molecule has 0 aliphatic heterocycles. The molecule has 1 aliphatic carbocycles. The van der Waals surface area contributed by atoms with Crippen molar-refractivity contribution < 1.29 is 4.39 Å². The Labute approximate surface area is 106 Å². The Bertz CT molecular complexity index is 380. The van der Waals surface area contributed by atoms with E-state index < -0.39 is 0 Å². The Kier molecular flexibility index (Phi) is 4.37. The Morgan fingerprint density at radius 1 is 1.47 bits per heavy atom. The first-order valence-corrected chi connectivity index (χ1v) is 6.47. The fourth-order valence-electron chi connectivity index (χ4n) is 2.31. The summed E-state index contributed by atoms with van der Waals surface area (Å²) in [4.78, 5) is 0. The molecule has 0 amide bonds. The van der Waals surface area contributed by atoms with Crippen molar-refractivity contribution in [2.24, 2.45) is 11.8 Å². The lowest BCUT2D eigenvalue weighted by molar-refractivity contribution is 0.259. The van der Waals surface area contributed by atoms with Gasteiger partial charge in [-0.05, 0) is 30.4 Å². The second kappa shape index (κ2) is 5.80. The van der Waals surface area contributed by atoms with Crippen molar-refractivity contribution in [1.29, 1.82) is 0 Å². The summed E-state index contributed by atoms with van der Waals surface area (Å²) in [5.74, 6) is 5.96. The Hall–Kier alpha value is -0.640. The molecule has 0 saturated heterocycles. The molecule has 94 valence electrons. The molecule has 1 saturated carbocycles. The molecule has 1 aliphatic rings. The molecule has 1 atom stereocenters. The summed E-state index contributed by atoms with van der Waals surface area (Å²) in [5, 5.41) is 0.223. The average molecular weight is 257 g/mol. The molecule has 1 aromatic rings. The molecule has 2 nitrogen and oxygen atoms in total. The number of hydrogen-bond acceptors (Lipinski definition) is 2. The summed E-state index contributed by atoms with van der Waals surface area (Å²) in [6.07, 6.45) is 5.62. The Balaban J connectivity index is 1.99. The third-order valence-electron chi connectivity index (χ3n) is 3.58. The number of benzene rings is 1. The van der Waals surface area contributed by atoms with Gasteiger partial charge in [0.15, 0.2) is 0 Å². The van der Waals surface area contributed by atoms with E-state index in [1.807, 2.05) is 6.07 Å². The van der Waals surface area contributed by atoms with Gasteiger partial charge in [-0.2, -0.15) is 0 Å². The summed E-state index contributed by atoms with van der Waals surface area (Å²) in [6, 6.07) is 5.10. The van der Waals surface area contributed by atoms with E-state index in [4.69, 9.17) is 17.4 Å². The van der Waals surface area contributed by atoms with Gasteiger partial charge in [-0.3, -0.25) is 11.3 Å². The summed E-state index contributed by atoms with van der Waals surface area (Å²) in [7, 11) is 0. The van der Waals surface area contributed by atoms with Crippen molar-refractivity contribution in [2.75, 3.05) is 0 Å². The van der Waals surface area contributed by atoms with Crippen LogP contribution in [0.1, 0.15) is 31.2 Å². The zero-order chi connectivity index (χ0) is 12.3. The molecule has 0 spiro atoms. The molecule has 0 radical (unpaired) electrons. The van der Waals surface area contributed by atoms with E-state index in [1.165, 1.54) is 25.3 Å². The van der Waals surface area contributed by atoms with Gasteiger partial charge in [-0.1, -0.05) is 43.0 Å². The second-order valence-corrected chi connectivity index (χ2v) is 5.19. The highest BCUT2D eigenvalue weighted by Gasteiger charge is 2.22. The average Bonchev–Trinajstić information content (AvgIpc) is 2.27. The molecule has 1 unspecified atom stereocenters. The van der Waals surface area contributed by atoms with Crippen LogP contribution in [0.2, 0.25) is 5.02 Å². The van der Waals surface area contributed by atoms with Crippen molar-refractivity contribution >= 4 is 11.6 Å². The highest BCUT2D eigenvalue weighted by atomic mass is 35.5. The Morgan fingerprint density at radius 2 is 2.24 bits per heavy atom. The molecule has 1 aromatic carbocycles. The van der Waals surface area contributed by atoms with E-state index in [1.54, 1.807) is 6.07 Å². The molecule has 0 heterocycles. The summed E-state index contributed by atoms with van der Waals surface area (Å²) >= 11 is 5.94. The molecular formula is C13H18ClFN2. The molecular weight excluding hydrogens is 239 g/mol. The van der Waals surface area contributed by atoms with Gasteiger partial charge in [0.05, 0.1) is 5.02 Å². The van der Waals surface area contributed by atoms with E-state index in [-0.39, 0.29) is 16.9 Å². The van der Waals surface area contributed by atoms with Gasteiger partial charge in [-0.15, -0.1) is 0 Å². The van der Waals surface area contributed by atoms with Crippen LogP contribution in [0.25, 0.3) is 0 Å². The first-order valence-electron chi connectivity index (χ1n) is 6.09. The fourth-order valence-corrected chi connectivity index (χ4v) is 2.52. The standard InChI is InChI=1S/C13H18ClFN2/c14-13-10(5-2-6-12(13)15)8-11(17-16)7-9-3-1-4-9/h2,5-6,9,11,17H,1,3-4,7-8,16H2. The van der Waals surface area contributed by atoms with E-state index >= 15 is 0 Å². The normalized spacial score (nSPS) is 17.8. The molecule has 3 N–H and O–H groups in total. The van der Waals surface area contributed by atoms with Crippen LogP contribution >= 0.6 is 11.6 Å². The van der Waals surface area contributed by atoms with Gasteiger partial charge in [0.1, 0.15) is 5.82 Å². The number of hydrazine groups is 1.